The molecule has 0 aliphatic carbocycles. The molecule has 23 heavy (non-hydrogen) atoms. The van der Waals surface area contributed by atoms with Gasteiger partial charge in [-0.1, -0.05) is 0 Å². The largest absolute Gasteiger partial charge is 1.00 e. The molecule has 0 saturated carbocycles. The summed E-state index contributed by atoms with van der Waals surface area (Å²) in [6.45, 7) is 0. The van der Waals surface area contributed by atoms with Gasteiger partial charge in [-0.25, -0.2) is 0 Å². The zero-order valence-electron chi connectivity index (χ0n) is 10.8. The van der Waals surface area contributed by atoms with Gasteiger partial charge in [0.1, 0.15) is 0 Å². The summed E-state index contributed by atoms with van der Waals surface area (Å²) < 4.78 is 0. The van der Waals surface area contributed by atoms with Crippen LogP contribution in [0.1, 0.15) is 51.8 Å². The van der Waals surface area contributed by atoms with Gasteiger partial charge < -0.3 is 12.6 Å². The minimum absolute atomic E-state index is 0. The van der Waals surface area contributed by atoms with Crippen LogP contribution in [0.15, 0.2) is 4.90 Å². The van der Waals surface area contributed by atoms with Crippen molar-refractivity contribution in [2.24, 2.45) is 0 Å². The summed E-state index contributed by atoms with van der Waals surface area (Å²) in [5.74, 6) is 0. The fourth-order valence-corrected chi connectivity index (χ4v) is 3.14. The van der Waals surface area contributed by atoms with Crippen molar-refractivity contribution >= 4 is 96.8 Å². The first-order chi connectivity index (χ1) is 10.0. The second kappa shape index (κ2) is 9.08. The Balaban J connectivity index is 0.00000484. The van der Waals surface area contributed by atoms with Crippen LogP contribution in [0.25, 0.3) is 0 Å². The molecule has 0 saturated heterocycles. The fraction of sp³-hybridized carbons (Fsp3) is 0. The summed E-state index contributed by atoms with van der Waals surface area (Å²) in [6.07, 6.45) is 0. The summed E-state index contributed by atoms with van der Waals surface area (Å²) in [5, 5.41) is -6.71. The molecular weight excluding hydrogens is 444 g/mol. The van der Waals surface area contributed by atoms with Gasteiger partial charge in [0.2, 0.25) is 0 Å². The zero-order chi connectivity index (χ0) is 17.4. The zero-order valence-corrected chi connectivity index (χ0v) is 17.4. The molecule has 1 aromatic rings. The molecule has 0 unspecified atom stereocenters. The Labute approximate surface area is 181 Å². The van der Waals surface area contributed by atoms with Gasteiger partial charge in [0.15, 0.2) is 0 Å². The molecule has 0 atom stereocenters. The molecule has 0 N–H and O–H groups in total. The Kier molecular flexibility index (Phi) is 9.18. The van der Waals surface area contributed by atoms with Crippen molar-refractivity contribution in [2.45, 2.75) is 4.90 Å². The summed E-state index contributed by atoms with van der Waals surface area (Å²) in [7, 11) is 0. The van der Waals surface area contributed by atoms with Crippen LogP contribution in [0.3, 0.4) is 0 Å². The number of carbonyl (C=O) groups is 5. The van der Waals surface area contributed by atoms with Gasteiger partial charge in [-0.05, 0) is 58.0 Å². The maximum Gasteiger partial charge on any atom is 1.00 e. The predicted octanol–water partition coefficient (Wildman–Crippen LogP) is 0.491. The van der Waals surface area contributed by atoms with Crippen molar-refractivity contribution in [3.63, 3.8) is 0 Å². The second-order valence-electron chi connectivity index (χ2n) is 3.57. The number of hydrogen-bond acceptors (Lipinski definition) is 6. The number of carbonyl (C=O) groups excluding carboxylic acids is 5. The number of hydrogen-bond donors (Lipinski definition) is 0. The minimum Gasteiger partial charge on any atom is -0.778 e. The summed E-state index contributed by atoms with van der Waals surface area (Å²) in [6, 6.07) is 0. The van der Waals surface area contributed by atoms with Crippen LogP contribution in [-0.4, -0.2) is 26.2 Å². The van der Waals surface area contributed by atoms with Gasteiger partial charge in [0.25, 0.3) is 26.2 Å². The van der Waals surface area contributed by atoms with E-state index in [9.17, 15) is 24.0 Å². The SMILES string of the molecule is O=C(Cl)c1c([S-])c(C(=O)Cl)c(C(=O)Cl)c(C(=O)Cl)c1C(=O)Cl.[Na+]. The molecule has 0 heterocycles. The first kappa shape index (κ1) is 23.2. The fourth-order valence-electron chi connectivity index (χ4n) is 1.69. The average Bonchev–Trinajstić information content (AvgIpc) is 2.34. The third-order valence-corrected chi connectivity index (χ3v) is 3.79. The summed E-state index contributed by atoms with van der Waals surface area (Å²) in [4.78, 5) is 56.9. The van der Waals surface area contributed by atoms with Crippen LogP contribution in [0.5, 0.6) is 0 Å². The van der Waals surface area contributed by atoms with Crippen LogP contribution < -0.4 is 29.6 Å². The molecule has 0 aliphatic heterocycles. The van der Waals surface area contributed by atoms with E-state index < -0.39 is 58.9 Å². The molecule has 0 aliphatic rings. The van der Waals surface area contributed by atoms with Gasteiger partial charge in [-0.3, -0.25) is 24.0 Å². The quantitative estimate of drug-likeness (QED) is 0.374. The molecular formula is C11Cl5NaO5S. The predicted molar refractivity (Wildman–Crippen MR) is 83.0 cm³/mol. The van der Waals surface area contributed by atoms with E-state index in [4.69, 9.17) is 70.6 Å². The molecule has 0 amide bonds. The third kappa shape index (κ3) is 4.66. The van der Waals surface area contributed by atoms with Gasteiger partial charge in [0.05, 0.1) is 16.7 Å². The van der Waals surface area contributed by atoms with Crippen LogP contribution in [-0.2, 0) is 12.6 Å². The molecule has 1 rings (SSSR count). The molecule has 0 bridgehead atoms. The third-order valence-electron chi connectivity index (χ3n) is 2.44. The van der Waals surface area contributed by atoms with Crippen molar-refractivity contribution in [3.8, 4) is 0 Å². The monoisotopic (exact) mass is 442 g/mol. The van der Waals surface area contributed by atoms with E-state index in [1.807, 2.05) is 0 Å². The van der Waals surface area contributed by atoms with E-state index in [-0.39, 0.29) is 29.6 Å². The molecule has 0 spiro atoms. The van der Waals surface area contributed by atoms with E-state index >= 15 is 0 Å². The Morgan fingerprint density at radius 2 is 0.696 bits per heavy atom. The Morgan fingerprint density at radius 3 is 0.870 bits per heavy atom. The maximum absolute atomic E-state index is 11.6. The minimum atomic E-state index is -1.39. The molecule has 116 valence electrons. The molecule has 1 aromatic carbocycles. The molecule has 0 radical (unpaired) electrons. The van der Waals surface area contributed by atoms with E-state index in [0.717, 1.165) is 0 Å². The molecule has 12 heteroatoms. The van der Waals surface area contributed by atoms with Gasteiger partial charge >= 0.3 is 29.6 Å². The van der Waals surface area contributed by atoms with Crippen LogP contribution >= 0.6 is 58.0 Å². The van der Waals surface area contributed by atoms with Crippen LogP contribution in [0.2, 0.25) is 0 Å². The maximum atomic E-state index is 11.6. The first-order valence-electron chi connectivity index (χ1n) is 4.92. The van der Waals surface area contributed by atoms with Gasteiger partial charge in [-0.15, -0.1) is 4.90 Å². The van der Waals surface area contributed by atoms with E-state index in [0.29, 0.717) is 0 Å². The molecule has 0 aromatic heterocycles. The number of halogens is 5. The normalized spacial score (nSPS) is 9.78. The Hall–Kier alpha value is 0.240. The Morgan fingerprint density at radius 1 is 0.522 bits per heavy atom. The average molecular weight is 444 g/mol. The first-order valence-corrected chi connectivity index (χ1v) is 7.22. The van der Waals surface area contributed by atoms with Crippen molar-refractivity contribution in [1.82, 2.24) is 0 Å². The summed E-state index contributed by atoms with van der Waals surface area (Å²) in [5.41, 5.74) is -4.00. The van der Waals surface area contributed by atoms with E-state index in [1.54, 1.807) is 0 Å². The van der Waals surface area contributed by atoms with Crippen LogP contribution in [0, 0.1) is 0 Å². The smallest absolute Gasteiger partial charge is 0.778 e. The van der Waals surface area contributed by atoms with E-state index in [1.165, 1.54) is 0 Å². The van der Waals surface area contributed by atoms with Crippen LogP contribution in [0.4, 0.5) is 0 Å². The molecule has 0 fully saturated rings. The van der Waals surface area contributed by atoms with Crippen molar-refractivity contribution < 1.29 is 53.5 Å². The van der Waals surface area contributed by atoms with Gasteiger partial charge in [0, 0.05) is 11.1 Å². The number of benzene rings is 1. The summed E-state index contributed by atoms with van der Waals surface area (Å²) >= 11 is 31.3. The second-order valence-corrected chi connectivity index (χ2v) is 5.70. The van der Waals surface area contributed by atoms with Crippen molar-refractivity contribution in [1.29, 1.82) is 0 Å². The van der Waals surface area contributed by atoms with Crippen molar-refractivity contribution in [2.75, 3.05) is 0 Å². The molecule has 5 nitrogen and oxygen atoms in total. The topological polar surface area (TPSA) is 85.3 Å². The van der Waals surface area contributed by atoms with E-state index in [2.05, 4.69) is 0 Å². The Bertz CT molecular complexity index is 711. The van der Waals surface area contributed by atoms with Crippen molar-refractivity contribution in [3.05, 3.63) is 27.8 Å². The number of rotatable bonds is 5. The standard InChI is InChI=1S/C11HCl5O5S.Na/c12-7(17)1-2(8(13)18)4(10(15)20)6(22)5(11(16)21)3(1)9(14)19;/h22H;/q;+1/p-1. The van der Waals surface area contributed by atoms with Gasteiger partial charge in [-0.2, -0.15) is 0 Å².